The van der Waals surface area contributed by atoms with Crippen LogP contribution < -0.4 is 46.6 Å². The summed E-state index contributed by atoms with van der Waals surface area (Å²) in [4.78, 5) is 72.5. The average molecular weight is 1000 g/mol. The third kappa shape index (κ3) is 13.0. The first-order valence-electron chi connectivity index (χ1n) is 21.0. The molecule has 3 heterocycles. The number of fused-ring (bicyclic) bond motifs is 2. The number of nitrogens with one attached hydrogen (secondary N) is 3. The Morgan fingerprint density at radius 3 is 1.63 bits per heavy atom. The van der Waals surface area contributed by atoms with Crippen molar-refractivity contribution in [1.82, 2.24) is 27.5 Å². The molecule has 0 saturated carbocycles. The van der Waals surface area contributed by atoms with E-state index < -0.39 is 23.6 Å². The fourth-order valence-electron chi connectivity index (χ4n) is 7.04. The highest BCUT2D eigenvalue weighted by Gasteiger charge is 2.23. The van der Waals surface area contributed by atoms with Crippen molar-refractivity contribution >= 4 is 91.9 Å². The van der Waals surface area contributed by atoms with Gasteiger partial charge in [-0.15, -0.1) is 0 Å². The van der Waals surface area contributed by atoms with Gasteiger partial charge < -0.3 is 41.5 Å². The molecule has 5 rings (SSSR count). The first-order chi connectivity index (χ1) is 31.2. The third-order valence-electron chi connectivity index (χ3n) is 10.1. The topological polar surface area (TPSA) is 291 Å². The van der Waals surface area contributed by atoms with E-state index in [4.69, 9.17) is 37.4 Å². The highest BCUT2D eigenvalue weighted by molar-refractivity contribution is 14.1. The number of piperidine rings is 1. The zero-order valence-corrected chi connectivity index (χ0v) is 39.3. The number of carbonyl (C=O) groups is 4. The van der Waals surface area contributed by atoms with Gasteiger partial charge in [-0.3, -0.25) is 48.2 Å². The van der Waals surface area contributed by atoms with Crippen LogP contribution in [0.4, 0.5) is 11.9 Å². The number of primary amides is 2. The van der Waals surface area contributed by atoms with E-state index in [0.717, 1.165) is 32.5 Å². The molecule has 1 aliphatic heterocycles. The second kappa shape index (κ2) is 23.4. The number of carbonyl (C=O) groups excluding carboxylic acids is 4. The maximum atomic E-state index is 13.7. The van der Waals surface area contributed by atoms with Gasteiger partial charge in [0.05, 0.1) is 18.1 Å². The number of rotatable bonds is 21. The number of aromatic nitrogens is 4. The summed E-state index contributed by atoms with van der Waals surface area (Å²) in [6, 6.07) is 6.60. The van der Waals surface area contributed by atoms with Gasteiger partial charge in [0.25, 0.3) is 11.8 Å². The molecule has 11 N–H and O–H groups in total. The summed E-state index contributed by atoms with van der Waals surface area (Å²) in [6.45, 7) is 10.7. The first-order valence-corrected chi connectivity index (χ1v) is 22.1. The van der Waals surface area contributed by atoms with Crippen molar-refractivity contribution in [3.05, 3.63) is 83.2 Å². The van der Waals surface area contributed by atoms with Crippen molar-refractivity contribution in [1.29, 1.82) is 0 Å². The van der Waals surface area contributed by atoms with Crippen LogP contribution in [0.5, 0.6) is 11.5 Å². The number of imidazole rings is 2. The molecular formula is C44H57IN14O6. The fourth-order valence-corrected chi connectivity index (χ4v) is 7.66. The van der Waals surface area contributed by atoms with Crippen molar-refractivity contribution in [2.24, 2.45) is 32.9 Å². The summed E-state index contributed by atoms with van der Waals surface area (Å²) in [5.41, 5.74) is 26.1. The standard InChI is InChI=1S/C44H57IN14O6/c1-6-50-33(20-26(3)46)41(62)54-43-52-31-22-28(39(48)60)24-35(64-5)37(31)58(43)15-8-9-16-59-38-32(53-44(59)55-42(63)34(51-7-2)21-27(4)47)23-29(40(49)61)25-36(38)65-19-11-10-14-57-17-12-30(56-45)13-18-57/h8-11,20-25,30,56H,6-7,12-19,46-47H2,1-5H3,(H2,48,60)(H2,49,61)(H,52,54,62)(H,53,55,63)/b9-8+,11-10-,26-20-,27-21-,50-33?,51-34?. The van der Waals surface area contributed by atoms with Crippen LogP contribution >= 0.6 is 22.9 Å². The number of allylic oxidation sites excluding steroid dienone is 4. The Kier molecular flexibility index (Phi) is 17.8. The third-order valence-corrected chi connectivity index (χ3v) is 10.9. The van der Waals surface area contributed by atoms with E-state index in [1.165, 1.54) is 37.5 Å². The zero-order valence-electron chi connectivity index (χ0n) is 37.2. The Labute approximate surface area is 390 Å². The van der Waals surface area contributed by atoms with Gasteiger partial charge in [-0.05, 0) is 90.0 Å². The highest BCUT2D eigenvalue weighted by Crippen LogP contribution is 2.33. The number of ether oxygens (including phenoxy) is 2. The van der Waals surface area contributed by atoms with Crippen molar-refractivity contribution in [2.75, 3.05) is 57.1 Å². The Balaban J connectivity index is 1.55. The molecule has 0 aliphatic carbocycles. The predicted octanol–water partition coefficient (Wildman–Crippen LogP) is 3.71. The lowest BCUT2D eigenvalue weighted by molar-refractivity contribution is -0.111. The van der Waals surface area contributed by atoms with E-state index in [0.29, 0.717) is 58.3 Å². The van der Waals surface area contributed by atoms with Gasteiger partial charge >= 0.3 is 0 Å². The van der Waals surface area contributed by atoms with Crippen LogP contribution in [0, 0.1) is 0 Å². The molecule has 20 nitrogen and oxygen atoms in total. The smallest absolute Gasteiger partial charge is 0.276 e. The number of anilines is 2. The summed E-state index contributed by atoms with van der Waals surface area (Å²) in [5.74, 6) is -1.65. The van der Waals surface area contributed by atoms with Gasteiger partial charge in [0, 0.05) is 84.2 Å². The first kappa shape index (κ1) is 49.4. The number of halogens is 1. The van der Waals surface area contributed by atoms with Crippen LogP contribution in [0.3, 0.4) is 0 Å². The SMILES string of the molecule is CCN=C(/C=C(/C)N)C(=O)Nc1nc2cc(C(N)=O)cc(OC)c2n1C/C=C/Cn1c(NC(=O)C(/C=C(/C)N)=NCC)nc2cc(C(N)=O)cc(OC/C=C\CN3CCC(NI)CC3)c21. The van der Waals surface area contributed by atoms with Crippen molar-refractivity contribution in [2.45, 2.75) is 59.7 Å². The molecule has 4 amide bonds. The number of hydrogen-bond donors (Lipinski definition) is 7. The number of amides is 4. The summed E-state index contributed by atoms with van der Waals surface area (Å²) < 4.78 is 18.7. The van der Waals surface area contributed by atoms with E-state index in [2.05, 4.69) is 56.9 Å². The van der Waals surface area contributed by atoms with Crippen LogP contribution in [0.1, 0.15) is 61.3 Å². The maximum absolute atomic E-state index is 13.7. The van der Waals surface area contributed by atoms with Crippen LogP contribution in [0.25, 0.3) is 22.1 Å². The molecule has 0 spiro atoms. The number of methoxy groups -OCH3 is 1. The second-order valence-electron chi connectivity index (χ2n) is 15.1. The van der Waals surface area contributed by atoms with Crippen LogP contribution in [0.2, 0.25) is 0 Å². The van der Waals surface area contributed by atoms with E-state index in [1.54, 1.807) is 42.9 Å². The Bertz CT molecular complexity index is 2590. The molecule has 346 valence electrons. The molecular weight excluding hydrogens is 947 g/mol. The lowest BCUT2D eigenvalue weighted by Crippen LogP contribution is -2.39. The van der Waals surface area contributed by atoms with Gasteiger partial charge in [0.15, 0.2) is 0 Å². The summed E-state index contributed by atoms with van der Waals surface area (Å²) in [7, 11) is 1.44. The number of nitrogens with two attached hydrogens (primary N) is 4. The lowest BCUT2D eigenvalue weighted by atomic mass is 10.1. The van der Waals surface area contributed by atoms with Gasteiger partial charge in [0.1, 0.15) is 40.6 Å². The minimum absolute atomic E-state index is 0.0925. The predicted molar refractivity (Wildman–Crippen MR) is 263 cm³/mol. The van der Waals surface area contributed by atoms with Crippen LogP contribution in [-0.4, -0.2) is 112 Å². The van der Waals surface area contributed by atoms with E-state index in [-0.39, 0.29) is 59.9 Å². The molecule has 0 atom stereocenters. The minimum atomic E-state index is -0.688. The van der Waals surface area contributed by atoms with Gasteiger partial charge in [0.2, 0.25) is 23.7 Å². The largest absolute Gasteiger partial charge is 0.494 e. The van der Waals surface area contributed by atoms with Crippen LogP contribution in [-0.2, 0) is 22.7 Å². The molecule has 0 radical (unpaired) electrons. The van der Waals surface area contributed by atoms with Crippen molar-refractivity contribution < 1.29 is 28.7 Å². The molecule has 1 saturated heterocycles. The zero-order chi connectivity index (χ0) is 47.2. The quantitative estimate of drug-likeness (QED) is 0.0272. The Morgan fingerprint density at radius 1 is 0.738 bits per heavy atom. The molecule has 21 heteroatoms. The fraction of sp³-hybridized carbons (Fsp3) is 0.364. The molecule has 2 aromatic heterocycles. The van der Waals surface area contributed by atoms with E-state index in [1.807, 2.05) is 24.3 Å². The second-order valence-corrected chi connectivity index (χ2v) is 15.7. The van der Waals surface area contributed by atoms with Crippen molar-refractivity contribution in [3.8, 4) is 11.5 Å². The molecule has 4 aromatic rings. The Morgan fingerprint density at radius 2 is 1.20 bits per heavy atom. The monoisotopic (exact) mass is 1000 g/mol. The molecule has 0 unspecified atom stereocenters. The number of aliphatic imine (C=N–C) groups is 2. The maximum Gasteiger partial charge on any atom is 0.276 e. The van der Waals surface area contributed by atoms with Gasteiger partial charge in [-0.2, -0.15) is 0 Å². The molecule has 0 bridgehead atoms. The van der Waals surface area contributed by atoms with E-state index >= 15 is 0 Å². The number of nitrogens with zero attached hydrogens (tertiary/aromatic N) is 7. The van der Waals surface area contributed by atoms with Crippen molar-refractivity contribution in [3.63, 3.8) is 0 Å². The number of hydrogen-bond acceptors (Lipinski definition) is 14. The van der Waals surface area contributed by atoms with Gasteiger partial charge in [-0.25, -0.2) is 9.97 Å². The summed E-state index contributed by atoms with van der Waals surface area (Å²) in [5, 5.41) is 5.70. The molecule has 2 aromatic carbocycles. The van der Waals surface area contributed by atoms with Crippen LogP contribution in [0.15, 0.2) is 82.1 Å². The molecule has 1 fully saturated rings. The average Bonchev–Trinajstić information content (AvgIpc) is 3.80. The minimum Gasteiger partial charge on any atom is -0.494 e. The lowest BCUT2D eigenvalue weighted by Gasteiger charge is -2.30. The number of likely N-dealkylation sites (tertiary alicyclic amines) is 1. The Hall–Kier alpha value is -6.59. The van der Waals surface area contributed by atoms with Gasteiger partial charge in [-0.1, -0.05) is 24.3 Å². The molecule has 1 aliphatic rings. The number of benzene rings is 2. The normalized spacial score (nSPS) is 14.8. The summed E-state index contributed by atoms with van der Waals surface area (Å²) in [6.07, 6.45) is 12.7. The molecule has 65 heavy (non-hydrogen) atoms. The highest BCUT2D eigenvalue weighted by atomic mass is 127. The van der Waals surface area contributed by atoms with E-state index in [9.17, 15) is 19.2 Å². The summed E-state index contributed by atoms with van der Waals surface area (Å²) >= 11 is 2.21.